The monoisotopic (exact) mass is 296 g/mol. The van der Waals surface area contributed by atoms with Gasteiger partial charge in [-0.2, -0.15) is 0 Å². The molecule has 0 aliphatic heterocycles. The Hall–Kier alpha value is -2.33. The second kappa shape index (κ2) is 5.81. The van der Waals surface area contributed by atoms with Crippen molar-refractivity contribution >= 4 is 5.91 Å². The van der Waals surface area contributed by atoms with Crippen molar-refractivity contribution in [3.05, 3.63) is 59.7 Å². The number of rotatable bonds is 5. The molecule has 0 unspecified atom stereocenters. The molecule has 1 aliphatic rings. The fraction of sp³-hybridized carbons (Fsp3) is 0.278. The highest BCUT2D eigenvalue weighted by atomic mass is 16.5. The smallest absolute Gasteiger partial charge is 0.240 e. The van der Waals surface area contributed by atoms with Gasteiger partial charge < -0.3 is 15.8 Å². The van der Waals surface area contributed by atoms with E-state index in [0.717, 1.165) is 29.9 Å². The molecular weight excluding hydrogens is 276 g/mol. The second-order valence-corrected chi connectivity index (χ2v) is 5.86. The van der Waals surface area contributed by atoms with Gasteiger partial charge in [0.15, 0.2) is 0 Å². The predicted molar refractivity (Wildman–Crippen MR) is 85.7 cm³/mol. The summed E-state index contributed by atoms with van der Waals surface area (Å²) in [4.78, 5) is 11.9. The highest BCUT2D eigenvalue weighted by molar-refractivity contribution is 5.88. The van der Waals surface area contributed by atoms with Crippen LogP contribution < -0.4 is 15.8 Å². The van der Waals surface area contributed by atoms with Gasteiger partial charge in [-0.25, -0.2) is 0 Å². The number of para-hydroxylation sites is 1. The zero-order valence-electron chi connectivity index (χ0n) is 12.6. The lowest BCUT2D eigenvalue weighted by Gasteiger charge is -2.14. The molecule has 0 spiro atoms. The van der Waals surface area contributed by atoms with E-state index in [1.54, 1.807) is 0 Å². The molecular formula is C18H20N2O2. The van der Waals surface area contributed by atoms with Crippen LogP contribution in [0.5, 0.6) is 11.5 Å². The Morgan fingerprint density at radius 3 is 2.55 bits per heavy atom. The first-order chi connectivity index (χ1) is 10.6. The van der Waals surface area contributed by atoms with Crippen molar-refractivity contribution in [2.24, 2.45) is 5.73 Å². The van der Waals surface area contributed by atoms with Gasteiger partial charge in [-0.05, 0) is 38.0 Å². The number of carbonyl (C=O) groups is 1. The minimum Gasteiger partial charge on any atom is -0.457 e. The molecule has 4 nitrogen and oxygen atoms in total. The fourth-order valence-electron chi connectivity index (χ4n) is 2.20. The SMILES string of the molecule is Cc1ccc(Oc2ccccc2CNC(=O)C2(N)CC2)cc1. The lowest BCUT2D eigenvalue weighted by molar-refractivity contribution is -0.123. The molecule has 114 valence electrons. The molecule has 0 bridgehead atoms. The van der Waals surface area contributed by atoms with Gasteiger partial charge in [-0.15, -0.1) is 0 Å². The van der Waals surface area contributed by atoms with Crippen LogP contribution in [0.15, 0.2) is 48.5 Å². The largest absolute Gasteiger partial charge is 0.457 e. The molecule has 0 aromatic heterocycles. The number of benzene rings is 2. The maximum atomic E-state index is 11.9. The minimum atomic E-state index is -0.646. The molecule has 3 rings (SSSR count). The number of nitrogens with two attached hydrogens (primary N) is 1. The summed E-state index contributed by atoms with van der Waals surface area (Å²) in [7, 11) is 0. The second-order valence-electron chi connectivity index (χ2n) is 5.86. The minimum absolute atomic E-state index is 0.0855. The van der Waals surface area contributed by atoms with Crippen LogP contribution in [0.2, 0.25) is 0 Å². The van der Waals surface area contributed by atoms with Crippen LogP contribution >= 0.6 is 0 Å². The summed E-state index contributed by atoms with van der Waals surface area (Å²) >= 11 is 0. The first-order valence-electron chi connectivity index (χ1n) is 7.46. The van der Waals surface area contributed by atoms with Crippen molar-refractivity contribution in [3.8, 4) is 11.5 Å². The van der Waals surface area contributed by atoms with Gasteiger partial charge in [0, 0.05) is 12.1 Å². The number of aryl methyl sites for hydroxylation is 1. The summed E-state index contributed by atoms with van der Waals surface area (Å²) in [5.41, 5.74) is 7.36. The molecule has 1 aliphatic carbocycles. The molecule has 1 fully saturated rings. The highest BCUT2D eigenvalue weighted by Crippen LogP contribution is 2.32. The van der Waals surface area contributed by atoms with Crippen molar-refractivity contribution < 1.29 is 9.53 Å². The fourth-order valence-corrected chi connectivity index (χ4v) is 2.20. The van der Waals surface area contributed by atoms with E-state index in [0.29, 0.717) is 6.54 Å². The summed E-state index contributed by atoms with van der Waals surface area (Å²) in [6.07, 6.45) is 1.53. The number of nitrogens with one attached hydrogen (secondary N) is 1. The van der Waals surface area contributed by atoms with Crippen molar-refractivity contribution in [3.63, 3.8) is 0 Å². The van der Waals surface area contributed by atoms with Crippen LogP contribution in [0, 0.1) is 6.92 Å². The molecule has 0 saturated heterocycles. The topological polar surface area (TPSA) is 64.3 Å². The predicted octanol–water partition coefficient (Wildman–Crippen LogP) is 2.89. The van der Waals surface area contributed by atoms with Crippen LogP contribution in [-0.2, 0) is 11.3 Å². The normalized spacial score (nSPS) is 15.2. The Kier molecular flexibility index (Phi) is 3.86. The Balaban J connectivity index is 1.69. The van der Waals surface area contributed by atoms with E-state index in [9.17, 15) is 4.79 Å². The zero-order valence-corrected chi connectivity index (χ0v) is 12.6. The van der Waals surface area contributed by atoms with Gasteiger partial charge in [0.1, 0.15) is 11.5 Å². The number of hydrogen-bond donors (Lipinski definition) is 2. The standard InChI is InChI=1S/C18H20N2O2/c1-13-6-8-15(9-7-13)22-16-5-3-2-4-14(16)12-20-17(21)18(19)10-11-18/h2-9H,10-12,19H2,1H3,(H,20,21). The molecule has 22 heavy (non-hydrogen) atoms. The third kappa shape index (κ3) is 3.28. The first-order valence-corrected chi connectivity index (χ1v) is 7.46. The summed E-state index contributed by atoms with van der Waals surface area (Å²) in [5, 5.41) is 2.89. The summed E-state index contributed by atoms with van der Waals surface area (Å²) in [6, 6.07) is 15.6. The van der Waals surface area contributed by atoms with Crippen molar-refractivity contribution in [1.29, 1.82) is 0 Å². The van der Waals surface area contributed by atoms with Gasteiger partial charge in [0.2, 0.25) is 5.91 Å². The molecule has 2 aromatic rings. The molecule has 0 heterocycles. The van der Waals surface area contributed by atoms with Gasteiger partial charge in [-0.3, -0.25) is 4.79 Å². The van der Waals surface area contributed by atoms with E-state index in [4.69, 9.17) is 10.5 Å². The maximum absolute atomic E-state index is 11.9. The average Bonchev–Trinajstić information content (AvgIpc) is 3.27. The third-order valence-corrected chi connectivity index (χ3v) is 3.90. The first kappa shape index (κ1) is 14.6. The van der Waals surface area contributed by atoms with Gasteiger partial charge >= 0.3 is 0 Å². The van der Waals surface area contributed by atoms with E-state index < -0.39 is 5.54 Å². The lowest BCUT2D eigenvalue weighted by Crippen LogP contribution is -2.42. The van der Waals surface area contributed by atoms with Crippen LogP contribution in [-0.4, -0.2) is 11.4 Å². The van der Waals surface area contributed by atoms with Gasteiger partial charge in [0.05, 0.1) is 5.54 Å². The number of hydrogen-bond acceptors (Lipinski definition) is 3. The third-order valence-electron chi connectivity index (χ3n) is 3.90. The molecule has 2 aromatic carbocycles. The van der Waals surface area contributed by atoms with Crippen LogP contribution in [0.1, 0.15) is 24.0 Å². The molecule has 1 amide bonds. The number of carbonyl (C=O) groups excluding carboxylic acids is 1. The molecule has 3 N–H and O–H groups in total. The van der Waals surface area contributed by atoms with E-state index in [2.05, 4.69) is 5.32 Å². The van der Waals surface area contributed by atoms with Gasteiger partial charge in [0.25, 0.3) is 0 Å². The van der Waals surface area contributed by atoms with E-state index in [1.165, 1.54) is 5.56 Å². The summed E-state index contributed by atoms with van der Waals surface area (Å²) < 4.78 is 5.92. The van der Waals surface area contributed by atoms with Crippen molar-refractivity contribution in [1.82, 2.24) is 5.32 Å². The van der Waals surface area contributed by atoms with E-state index >= 15 is 0 Å². The zero-order chi connectivity index (χ0) is 15.6. The van der Waals surface area contributed by atoms with Crippen LogP contribution in [0.3, 0.4) is 0 Å². The van der Waals surface area contributed by atoms with Gasteiger partial charge in [-0.1, -0.05) is 35.9 Å². The molecule has 4 heteroatoms. The summed E-state index contributed by atoms with van der Waals surface area (Å²) in [6.45, 7) is 2.45. The molecule has 0 atom stereocenters. The maximum Gasteiger partial charge on any atom is 0.240 e. The van der Waals surface area contributed by atoms with E-state index in [1.807, 2.05) is 55.5 Å². The Bertz CT molecular complexity index is 676. The average molecular weight is 296 g/mol. The van der Waals surface area contributed by atoms with E-state index in [-0.39, 0.29) is 5.91 Å². The molecule has 0 radical (unpaired) electrons. The number of ether oxygens (including phenoxy) is 1. The Labute approximate surface area is 130 Å². The van der Waals surface area contributed by atoms with Crippen molar-refractivity contribution in [2.45, 2.75) is 31.8 Å². The van der Waals surface area contributed by atoms with Crippen LogP contribution in [0.4, 0.5) is 0 Å². The molecule has 1 saturated carbocycles. The van der Waals surface area contributed by atoms with Crippen molar-refractivity contribution in [2.75, 3.05) is 0 Å². The summed E-state index contributed by atoms with van der Waals surface area (Å²) in [5.74, 6) is 1.44. The Morgan fingerprint density at radius 1 is 1.18 bits per heavy atom. The van der Waals surface area contributed by atoms with Crippen LogP contribution in [0.25, 0.3) is 0 Å². The lowest BCUT2D eigenvalue weighted by atomic mass is 10.2. The quantitative estimate of drug-likeness (QED) is 0.891. The Morgan fingerprint density at radius 2 is 1.86 bits per heavy atom. The number of amides is 1. The highest BCUT2D eigenvalue weighted by Gasteiger charge is 2.45.